The normalized spacial score (nSPS) is 11.8. The van der Waals surface area contributed by atoms with E-state index in [0.717, 1.165) is 23.6 Å². The van der Waals surface area contributed by atoms with Gasteiger partial charge in [-0.15, -0.1) is 0 Å². The van der Waals surface area contributed by atoms with E-state index in [2.05, 4.69) is 5.10 Å². The molecule has 1 aromatic carbocycles. The lowest BCUT2D eigenvalue weighted by Crippen LogP contribution is -2.12. The number of nitrogens with two attached hydrogens (primary N) is 1. The summed E-state index contributed by atoms with van der Waals surface area (Å²) in [5.41, 5.74) is 5.72. The number of benzene rings is 1. The number of anilines is 1. The number of aryl methyl sites for hydroxylation is 1. The van der Waals surface area contributed by atoms with Crippen LogP contribution in [0, 0.1) is 0 Å². The van der Waals surface area contributed by atoms with Gasteiger partial charge in [0.05, 0.1) is 16.9 Å². The monoisotopic (exact) mass is 283 g/mol. The highest BCUT2D eigenvalue weighted by molar-refractivity contribution is 5.48. The number of para-hydroxylation sites is 1. The van der Waals surface area contributed by atoms with Gasteiger partial charge in [0.1, 0.15) is 5.82 Å². The maximum absolute atomic E-state index is 13.0. The average molecular weight is 283 g/mol. The zero-order valence-electron chi connectivity index (χ0n) is 11.1. The lowest BCUT2D eigenvalue weighted by atomic mass is 10.1. The van der Waals surface area contributed by atoms with Crippen LogP contribution in [0.2, 0.25) is 0 Å². The van der Waals surface area contributed by atoms with Crippen LogP contribution in [0.15, 0.2) is 30.3 Å². The van der Waals surface area contributed by atoms with Gasteiger partial charge >= 0.3 is 6.18 Å². The highest BCUT2D eigenvalue weighted by atomic mass is 19.4. The van der Waals surface area contributed by atoms with Gasteiger partial charge in [-0.2, -0.15) is 18.3 Å². The Morgan fingerprint density at radius 2 is 1.95 bits per heavy atom. The predicted octanol–water partition coefficient (Wildman–Crippen LogP) is 3.82. The highest BCUT2D eigenvalue weighted by Gasteiger charge is 2.34. The van der Waals surface area contributed by atoms with Gasteiger partial charge in [-0.3, -0.25) is 0 Å². The molecule has 3 nitrogen and oxygen atoms in total. The molecular formula is C14H16F3N3. The van der Waals surface area contributed by atoms with Crippen LogP contribution in [0.5, 0.6) is 0 Å². The summed E-state index contributed by atoms with van der Waals surface area (Å²) in [5.74, 6) is 0.216. The fourth-order valence-electron chi connectivity index (χ4n) is 2.02. The van der Waals surface area contributed by atoms with Crippen LogP contribution in [-0.2, 0) is 12.6 Å². The summed E-state index contributed by atoms with van der Waals surface area (Å²) in [6, 6.07) is 6.92. The molecule has 0 unspecified atom stereocenters. The number of nitrogen functional groups attached to an aromatic ring is 1. The van der Waals surface area contributed by atoms with Crippen molar-refractivity contribution >= 4 is 5.82 Å². The van der Waals surface area contributed by atoms with E-state index in [-0.39, 0.29) is 11.5 Å². The van der Waals surface area contributed by atoms with E-state index in [1.54, 1.807) is 6.07 Å². The van der Waals surface area contributed by atoms with Crippen molar-refractivity contribution in [2.75, 3.05) is 5.73 Å². The number of nitrogens with zero attached hydrogens (tertiary/aromatic N) is 2. The van der Waals surface area contributed by atoms with Gasteiger partial charge in [0.2, 0.25) is 0 Å². The summed E-state index contributed by atoms with van der Waals surface area (Å²) < 4.78 is 40.1. The van der Waals surface area contributed by atoms with E-state index in [9.17, 15) is 13.2 Å². The van der Waals surface area contributed by atoms with E-state index in [1.165, 1.54) is 18.2 Å². The molecule has 0 aliphatic heterocycles. The Kier molecular flexibility index (Phi) is 4.01. The van der Waals surface area contributed by atoms with Crippen LogP contribution in [-0.4, -0.2) is 9.78 Å². The highest BCUT2D eigenvalue weighted by Crippen LogP contribution is 2.34. The third-order valence-electron chi connectivity index (χ3n) is 3.01. The molecule has 0 spiro atoms. The molecule has 20 heavy (non-hydrogen) atoms. The maximum Gasteiger partial charge on any atom is 0.418 e. The Bertz CT molecular complexity index is 588. The molecule has 108 valence electrons. The van der Waals surface area contributed by atoms with Gasteiger partial charge in [0.15, 0.2) is 0 Å². The van der Waals surface area contributed by atoms with Crippen LogP contribution in [0.25, 0.3) is 5.69 Å². The zero-order valence-corrected chi connectivity index (χ0v) is 11.1. The first-order valence-electron chi connectivity index (χ1n) is 6.44. The van der Waals surface area contributed by atoms with Crippen molar-refractivity contribution in [3.8, 4) is 5.69 Å². The van der Waals surface area contributed by atoms with E-state index < -0.39 is 11.7 Å². The van der Waals surface area contributed by atoms with Gasteiger partial charge in [-0.1, -0.05) is 25.5 Å². The standard InChI is InChI=1S/C14H16F3N3/c1-2-3-6-10-9-13(18)20(19-10)12-8-5-4-7-11(12)14(15,16)17/h4-5,7-9H,2-3,6,18H2,1H3. The van der Waals surface area contributed by atoms with E-state index >= 15 is 0 Å². The van der Waals surface area contributed by atoms with Gasteiger partial charge in [0, 0.05) is 6.07 Å². The number of aromatic nitrogens is 2. The van der Waals surface area contributed by atoms with Gasteiger partial charge in [-0.05, 0) is 25.0 Å². The molecule has 2 rings (SSSR count). The largest absolute Gasteiger partial charge is 0.418 e. The molecule has 0 fully saturated rings. The Morgan fingerprint density at radius 3 is 2.60 bits per heavy atom. The average Bonchev–Trinajstić information content (AvgIpc) is 2.76. The van der Waals surface area contributed by atoms with Crippen LogP contribution in [0.4, 0.5) is 19.0 Å². The third-order valence-corrected chi connectivity index (χ3v) is 3.01. The van der Waals surface area contributed by atoms with Crippen molar-refractivity contribution in [1.82, 2.24) is 9.78 Å². The van der Waals surface area contributed by atoms with Crippen molar-refractivity contribution in [1.29, 1.82) is 0 Å². The fourth-order valence-corrected chi connectivity index (χ4v) is 2.02. The van der Waals surface area contributed by atoms with Crippen LogP contribution >= 0.6 is 0 Å². The Hall–Kier alpha value is -1.98. The van der Waals surface area contributed by atoms with Gasteiger partial charge in [0.25, 0.3) is 0 Å². The molecule has 0 amide bonds. The second-order valence-corrected chi connectivity index (χ2v) is 4.59. The number of alkyl halides is 3. The van der Waals surface area contributed by atoms with Crippen molar-refractivity contribution in [3.63, 3.8) is 0 Å². The molecule has 0 radical (unpaired) electrons. The summed E-state index contributed by atoms with van der Waals surface area (Å²) in [5, 5.41) is 4.18. The Balaban J connectivity index is 2.44. The first kappa shape index (κ1) is 14.4. The molecule has 2 aromatic rings. The molecular weight excluding hydrogens is 267 g/mol. The van der Waals surface area contributed by atoms with Crippen LogP contribution < -0.4 is 5.73 Å². The zero-order chi connectivity index (χ0) is 14.8. The summed E-state index contributed by atoms with van der Waals surface area (Å²) >= 11 is 0. The molecule has 0 aliphatic rings. The molecule has 0 saturated carbocycles. The summed E-state index contributed by atoms with van der Waals surface area (Å²) in [4.78, 5) is 0. The molecule has 6 heteroatoms. The smallest absolute Gasteiger partial charge is 0.384 e. The summed E-state index contributed by atoms with van der Waals surface area (Å²) in [6.45, 7) is 2.04. The number of hydrogen-bond acceptors (Lipinski definition) is 2. The Labute approximate surface area is 115 Å². The van der Waals surface area contributed by atoms with Crippen molar-refractivity contribution in [2.24, 2.45) is 0 Å². The number of hydrogen-bond donors (Lipinski definition) is 1. The first-order chi connectivity index (χ1) is 9.43. The fraction of sp³-hybridized carbons (Fsp3) is 0.357. The van der Waals surface area contributed by atoms with Crippen LogP contribution in [0.1, 0.15) is 31.0 Å². The molecule has 0 bridgehead atoms. The number of halogens is 3. The SMILES string of the molecule is CCCCc1cc(N)n(-c2ccccc2C(F)(F)F)n1. The summed E-state index contributed by atoms with van der Waals surface area (Å²) in [6.07, 6.45) is -1.80. The molecule has 2 N–H and O–H groups in total. The lowest BCUT2D eigenvalue weighted by molar-refractivity contribution is -0.137. The minimum atomic E-state index is -4.43. The molecule has 1 heterocycles. The maximum atomic E-state index is 13.0. The summed E-state index contributed by atoms with van der Waals surface area (Å²) in [7, 11) is 0. The Morgan fingerprint density at radius 1 is 1.25 bits per heavy atom. The molecule has 1 aromatic heterocycles. The quantitative estimate of drug-likeness (QED) is 0.927. The second kappa shape index (κ2) is 5.56. The molecule has 0 atom stereocenters. The van der Waals surface area contributed by atoms with Crippen LogP contribution in [0.3, 0.4) is 0 Å². The minimum absolute atomic E-state index is 0.0414. The first-order valence-corrected chi connectivity index (χ1v) is 6.44. The van der Waals surface area contributed by atoms with Crippen molar-refractivity contribution in [3.05, 3.63) is 41.6 Å². The number of rotatable bonds is 4. The predicted molar refractivity (Wildman–Crippen MR) is 71.6 cm³/mol. The van der Waals surface area contributed by atoms with Gasteiger partial charge < -0.3 is 5.73 Å². The molecule has 0 aliphatic carbocycles. The topological polar surface area (TPSA) is 43.8 Å². The van der Waals surface area contributed by atoms with E-state index in [0.29, 0.717) is 12.1 Å². The van der Waals surface area contributed by atoms with E-state index in [4.69, 9.17) is 5.73 Å². The van der Waals surface area contributed by atoms with Crippen molar-refractivity contribution in [2.45, 2.75) is 32.4 Å². The molecule has 0 saturated heterocycles. The van der Waals surface area contributed by atoms with Crippen molar-refractivity contribution < 1.29 is 13.2 Å². The number of unbranched alkanes of at least 4 members (excludes halogenated alkanes) is 1. The second-order valence-electron chi connectivity index (χ2n) is 4.59. The van der Waals surface area contributed by atoms with E-state index in [1.807, 2.05) is 6.92 Å². The van der Waals surface area contributed by atoms with Gasteiger partial charge in [-0.25, -0.2) is 4.68 Å². The lowest BCUT2D eigenvalue weighted by Gasteiger charge is -2.13. The third kappa shape index (κ3) is 2.95. The minimum Gasteiger partial charge on any atom is -0.384 e.